The van der Waals surface area contributed by atoms with E-state index in [1.54, 1.807) is 0 Å². The Labute approximate surface area is 153 Å². The molecule has 2 aromatic rings. The lowest BCUT2D eigenvalue weighted by atomic mass is 9.80. The van der Waals surface area contributed by atoms with Crippen LogP contribution in [0.1, 0.15) is 35.3 Å². The lowest BCUT2D eigenvalue weighted by Crippen LogP contribution is -2.35. The minimum absolute atomic E-state index is 0.00863. The Morgan fingerprint density at radius 2 is 2.15 bits per heavy atom. The highest BCUT2D eigenvalue weighted by molar-refractivity contribution is 5.97. The number of carbonyl (C=O) groups excluding carboxylic acids is 1. The number of aromatic nitrogens is 1. The van der Waals surface area contributed by atoms with Gasteiger partial charge in [0, 0.05) is 12.1 Å². The molecule has 1 amide bonds. The van der Waals surface area contributed by atoms with Crippen LogP contribution in [0.3, 0.4) is 0 Å². The number of fused-ring (bicyclic) bond motifs is 2. The first-order valence-electron chi connectivity index (χ1n) is 8.92. The third kappa shape index (κ3) is 3.71. The van der Waals surface area contributed by atoms with E-state index >= 15 is 0 Å². The van der Waals surface area contributed by atoms with Crippen molar-refractivity contribution in [2.75, 3.05) is 13.2 Å². The number of hydrogen-bond donors (Lipinski definition) is 1. The SMILES string of the molecule is O=C(NCC1CCC2CC1CO2)c1ncoc1-c1cccc(C(F)(F)F)c1. The highest BCUT2D eigenvalue weighted by Crippen LogP contribution is 2.37. The average Bonchev–Trinajstić information content (AvgIpc) is 3.28. The Balaban J connectivity index is 1.47. The van der Waals surface area contributed by atoms with E-state index in [9.17, 15) is 18.0 Å². The molecule has 8 heteroatoms. The third-order valence-corrected chi connectivity index (χ3v) is 5.40. The van der Waals surface area contributed by atoms with Gasteiger partial charge in [-0.25, -0.2) is 4.98 Å². The summed E-state index contributed by atoms with van der Waals surface area (Å²) in [6.07, 6.45) is -0.0305. The van der Waals surface area contributed by atoms with E-state index in [-0.39, 0.29) is 17.0 Å². The van der Waals surface area contributed by atoms with E-state index in [1.165, 1.54) is 12.1 Å². The van der Waals surface area contributed by atoms with Crippen molar-refractivity contribution in [3.8, 4) is 11.3 Å². The summed E-state index contributed by atoms with van der Waals surface area (Å²) < 4.78 is 49.7. The number of amides is 1. The van der Waals surface area contributed by atoms with Gasteiger partial charge in [-0.2, -0.15) is 13.2 Å². The predicted octanol–water partition coefficient (Wildman–Crippen LogP) is 3.91. The van der Waals surface area contributed by atoms with Crippen LogP contribution in [0, 0.1) is 11.8 Å². The normalized spacial score (nSPS) is 24.8. The maximum atomic E-state index is 12.9. The molecule has 1 aromatic heterocycles. The maximum absolute atomic E-state index is 12.9. The van der Waals surface area contributed by atoms with Gasteiger partial charge in [-0.05, 0) is 43.2 Å². The molecule has 2 fully saturated rings. The van der Waals surface area contributed by atoms with E-state index in [2.05, 4.69) is 10.3 Å². The molecule has 5 nitrogen and oxygen atoms in total. The minimum Gasteiger partial charge on any atom is -0.443 e. The van der Waals surface area contributed by atoms with E-state index in [4.69, 9.17) is 9.15 Å². The standard InChI is InChI=1S/C19H19F3N2O3/c20-19(21,22)14-3-1-2-11(6-14)17-16(24-10-27-17)18(25)23-8-12-4-5-15-7-13(12)9-26-15/h1-3,6,10,12-13,15H,4-5,7-9H2,(H,23,25). The third-order valence-electron chi connectivity index (χ3n) is 5.40. The number of ether oxygens (including phenoxy) is 1. The molecule has 1 aliphatic heterocycles. The predicted molar refractivity (Wildman–Crippen MR) is 89.8 cm³/mol. The number of hydrogen-bond acceptors (Lipinski definition) is 4. The molecule has 1 aliphatic carbocycles. The van der Waals surface area contributed by atoms with Gasteiger partial charge in [0.15, 0.2) is 17.8 Å². The van der Waals surface area contributed by atoms with Gasteiger partial charge < -0.3 is 14.5 Å². The number of rotatable bonds is 4. The molecule has 2 aliphatic rings. The molecule has 1 saturated heterocycles. The molecule has 3 atom stereocenters. The molecule has 1 N–H and O–H groups in total. The van der Waals surface area contributed by atoms with Gasteiger partial charge in [0.2, 0.25) is 0 Å². The first kappa shape index (κ1) is 18.0. The Morgan fingerprint density at radius 3 is 2.96 bits per heavy atom. The van der Waals surface area contributed by atoms with Gasteiger partial charge in [0.25, 0.3) is 5.91 Å². The Kier molecular flexibility index (Phi) is 4.67. The quantitative estimate of drug-likeness (QED) is 0.874. The van der Waals surface area contributed by atoms with Gasteiger partial charge in [0.05, 0.1) is 18.3 Å². The van der Waals surface area contributed by atoms with Crippen LogP contribution >= 0.6 is 0 Å². The van der Waals surface area contributed by atoms with Crippen LogP contribution in [0.5, 0.6) is 0 Å². The number of benzene rings is 1. The number of nitrogens with zero attached hydrogens (tertiary/aromatic N) is 1. The number of alkyl halides is 3. The van der Waals surface area contributed by atoms with Crippen molar-refractivity contribution in [1.29, 1.82) is 0 Å². The van der Waals surface area contributed by atoms with Crippen molar-refractivity contribution in [3.05, 3.63) is 41.9 Å². The molecule has 0 radical (unpaired) electrons. The van der Waals surface area contributed by atoms with Gasteiger partial charge in [-0.15, -0.1) is 0 Å². The summed E-state index contributed by atoms with van der Waals surface area (Å²) >= 11 is 0. The van der Waals surface area contributed by atoms with Crippen molar-refractivity contribution < 1.29 is 27.1 Å². The number of oxazole rings is 1. The van der Waals surface area contributed by atoms with Crippen LogP contribution in [0.2, 0.25) is 0 Å². The second-order valence-electron chi connectivity index (χ2n) is 7.11. The molecule has 2 heterocycles. The monoisotopic (exact) mass is 380 g/mol. The first-order chi connectivity index (χ1) is 12.9. The molecule has 27 heavy (non-hydrogen) atoms. The minimum atomic E-state index is -4.47. The fourth-order valence-electron chi connectivity index (χ4n) is 3.92. The summed E-state index contributed by atoms with van der Waals surface area (Å²) in [6.45, 7) is 1.22. The number of halogens is 3. The maximum Gasteiger partial charge on any atom is 0.416 e. The molecule has 144 valence electrons. The van der Waals surface area contributed by atoms with E-state index < -0.39 is 17.6 Å². The highest BCUT2D eigenvalue weighted by atomic mass is 19.4. The molecule has 0 spiro atoms. The molecular weight excluding hydrogens is 361 g/mol. The smallest absolute Gasteiger partial charge is 0.416 e. The first-order valence-corrected chi connectivity index (χ1v) is 8.92. The van der Waals surface area contributed by atoms with Gasteiger partial charge >= 0.3 is 6.18 Å². The lowest BCUT2D eigenvalue weighted by Gasteiger charge is -2.26. The largest absolute Gasteiger partial charge is 0.443 e. The topological polar surface area (TPSA) is 64.4 Å². The second-order valence-corrected chi connectivity index (χ2v) is 7.11. The number of carbonyl (C=O) groups is 1. The molecule has 1 aromatic carbocycles. The lowest BCUT2D eigenvalue weighted by molar-refractivity contribution is -0.137. The van der Waals surface area contributed by atoms with Crippen LogP contribution in [-0.4, -0.2) is 30.1 Å². The summed E-state index contributed by atoms with van der Waals surface area (Å²) in [4.78, 5) is 16.5. The molecule has 2 bridgehead atoms. The fraction of sp³-hybridized carbons (Fsp3) is 0.474. The summed E-state index contributed by atoms with van der Waals surface area (Å²) in [5.74, 6) is 0.379. The van der Waals surface area contributed by atoms with Crippen LogP contribution in [0.4, 0.5) is 13.2 Å². The Morgan fingerprint density at radius 1 is 1.30 bits per heavy atom. The highest BCUT2D eigenvalue weighted by Gasteiger charge is 2.37. The summed E-state index contributed by atoms with van der Waals surface area (Å²) in [6, 6.07) is 4.67. The average molecular weight is 380 g/mol. The van der Waals surface area contributed by atoms with Crippen molar-refractivity contribution >= 4 is 5.91 Å². The Hall–Kier alpha value is -2.35. The fourth-order valence-corrected chi connectivity index (χ4v) is 3.92. The molecule has 4 rings (SSSR count). The van der Waals surface area contributed by atoms with Crippen LogP contribution in [0.15, 0.2) is 35.1 Å². The molecule has 1 saturated carbocycles. The zero-order valence-electron chi connectivity index (χ0n) is 14.5. The van der Waals surface area contributed by atoms with Crippen molar-refractivity contribution in [2.24, 2.45) is 11.8 Å². The van der Waals surface area contributed by atoms with Crippen LogP contribution < -0.4 is 5.32 Å². The van der Waals surface area contributed by atoms with Crippen molar-refractivity contribution in [1.82, 2.24) is 10.3 Å². The zero-order chi connectivity index (χ0) is 19.0. The van der Waals surface area contributed by atoms with E-state index in [0.29, 0.717) is 24.5 Å². The summed E-state index contributed by atoms with van der Waals surface area (Å²) in [5, 5.41) is 2.85. The summed E-state index contributed by atoms with van der Waals surface area (Å²) in [5.41, 5.74) is -0.649. The van der Waals surface area contributed by atoms with Gasteiger partial charge in [-0.3, -0.25) is 4.79 Å². The number of nitrogens with one attached hydrogen (secondary N) is 1. The Bertz CT molecular complexity index is 834. The molecular formula is C19H19F3N2O3. The van der Waals surface area contributed by atoms with Gasteiger partial charge in [-0.1, -0.05) is 12.1 Å². The molecule has 3 unspecified atom stereocenters. The van der Waals surface area contributed by atoms with Crippen LogP contribution in [-0.2, 0) is 10.9 Å². The van der Waals surface area contributed by atoms with E-state index in [0.717, 1.165) is 44.4 Å². The zero-order valence-corrected chi connectivity index (χ0v) is 14.5. The summed E-state index contributed by atoms with van der Waals surface area (Å²) in [7, 11) is 0. The van der Waals surface area contributed by atoms with Crippen molar-refractivity contribution in [2.45, 2.75) is 31.5 Å². The second kappa shape index (κ2) is 6.99. The van der Waals surface area contributed by atoms with Gasteiger partial charge in [0.1, 0.15) is 0 Å². The van der Waals surface area contributed by atoms with E-state index in [1.807, 2.05) is 0 Å². The van der Waals surface area contributed by atoms with Crippen molar-refractivity contribution in [3.63, 3.8) is 0 Å². The van der Waals surface area contributed by atoms with Crippen LogP contribution in [0.25, 0.3) is 11.3 Å².